The van der Waals surface area contributed by atoms with Crippen LogP contribution < -0.4 is 5.73 Å². The first-order valence-electron chi connectivity index (χ1n) is 10.2. The van der Waals surface area contributed by atoms with E-state index < -0.39 is 0 Å². The Hall–Kier alpha value is -2.70. The van der Waals surface area contributed by atoms with Gasteiger partial charge in [-0.1, -0.05) is 59.8 Å². The molecule has 0 spiro atoms. The number of nitrogens with two attached hydrogens (primary N) is 1. The van der Waals surface area contributed by atoms with Gasteiger partial charge in [-0.3, -0.25) is 4.79 Å². The van der Waals surface area contributed by atoms with Crippen molar-refractivity contribution in [1.29, 1.82) is 0 Å². The van der Waals surface area contributed by atoms with Gasteiger partial charge in [-0.05, 0) is 30.4 Å². The third kappa shape index (κ3) is 5.26. The summed E-state index contributed by atoms with van der Waals surface area (Å²) in [5, 5.41) is 4.14. The van der Waals surface area contributed by atoms with Crippen molar-refractivity contribution in [2.75, 3.05) is 13.1 Å². The number of aryl methyl sites for hydroxylation is 1. The van der Waals surface area contributed by atoms with Gasteiger partial charge in [0, 0.05) is 37.5 Å². The third-order valence-electron chi connectivity index (χ3n) is 5.56. The van der Waals surface area contributed by atoms with Gasteiger partial charge < -0.3 is 15.2 Å². The number of nitrogens with zero attached hydrogens (tertiary/aromatic N) is 3. The van der Waals surface area contributed by atoms with E-state index in [9.17, 15) is 4.79 Å². The molecular weight excluding hydrogens is 400 g/mol. The molecule has 1 amide bonds. The molecule has 0 unspecified atom stereocenters. The van der Waals surface area contributed by atoms with Crippen LogP contribution in [0.2, 0.25) is 0 Å². The van der Waals surface area contributed by atoms with Crippen LogP contribution >= 0.6 is 12.4 Å². The van der Waals surface area contributed by atoms with Gasteiger partial charge in [-0.2, -0.15) is 4.98 Å². The van der Waals surface area contributed by atoms with Crippen molar-refractivity contribution in [1.82, 2.24) is 15.0 Å². The molecule has 1 saturated heterocycles. The maximum absolute atomic E-state index is 12.5. The minimum atomic E-state index is 0. The Morgan fingerprint density at radius 2 is 1.73 bits per heavy atom. The van der Waals surface area contributed by atoms with Gasteiger partial charge in [0.05, 0.1) is 0 Å². The van der Waals surface area contributed by atoms with Gasteiger partial charge in [-0.25, -0.2) is 0 Å². The van der Waals surface area contributed by atoms with Crippen LogP contribution in [0.15, 0.2) is 59.1 Å². The van der Waals surface area contributed by atoms with Crippen molar-refractivity contribution in [2.45, 2.75) is 38.1 Å². The van der Waals surface area contributed by atoms with Crippen LogP contribution in [-0.4, -0.2) is 34.0 Å². The molecule has 158 valence electrons. The summed E-state index contributed by atoms with van der Waals surface area (Å²) in [5.74, 6) is 1.69. The van der Waals surface area contributed by atoms with Gasteiger partial charge in [-0.15, -0.1) is 12.4 Å². The van der Waals surface area contributed by atoms with E-state index in [-0.39, 0.29) is 24.2 Å². The number of carbonyl (C=O) groups excluding carboxylic acids is 1. The summed E-state index contributed by atoms with van der Waals surface area (Å²) in [6, 6.07) is 18.0. The number of benzene rings is 2. The SMILES string of the molecule is Cl.NCc1ccc(-c2noc(C3CCN(C(=O)CCc4ccccc4)CC3)n2)cc1. The third-order valence-corrected chi connectivity index (χ3v) is 5.56. The molecule has 0 saturated carbocycles. The Bertz CT molecular complexity index is 935. The lowest BCUT2D eigenvalue weighted by molar-refractivity contribution is -0.132. The summed E-state index contributed by atoms with van der Waals surface area (Å²) in [5.41, 5.74) is 8.84. The number of amides is 1. The number of carbonyl (C=O) groups is 1. The molecule has 0 radical (unpaired) electrons. The minimum Gasteiger partial charge on any atom is -0.343 e. The lowest BCUT2D eigenvalue weighted by atomic mass is 9.96. The normalized spacial score (nSPS) is 14.4. The summed E-state index contributed by atoms with van der Waals surface area (Å²) in [6.45, 7) is 1.99. The number of halogens is 1. The molecule has 0 atom stereocenters. The first-order chi connectivity index (χ1) is 14.2. The molecule has 7 heteroatoms. The number of hydrogen-bond acceptors (Lipinski definition) is 5. The zero-order valence-corrected chi connectivity index (χ0v) is 17.7. The Labute approximate surface area is 182 Å². The molecule has 4 rings (SSSR count). The van der Waals surface area contributed by atoms with Crippen LogP contribution in [0, 0.1) is 0 Å². The van der Waals surface area contributed by atoms with Crippen LogP contribution in [0.25, 0.3) is 11.4 Å². The fourth-order valence-corrected chi connectivity index (χ4v) is 3.74. The van der Waals surface area contributed by atoms with Gasteiger partial charge >= 0.3 is 0 Å². The van der Waals surface area contributed by atoms with Gasteiger partial charge in [0.15, 0.2) is 0 Å². The highest BCUT2D eigenvalue weighted by Gasteiger charge is 2.27. The molecule has 1 aromatic heterocycles. The van der Waals surface area contributed by atoms with Crippen LogP contribution in [0.3, 0.4) is 0 Å². The molecule has 2 N–H and O–H groups in total. The topological polar surface area (TPSA) is 85.2 Å². The van der Waals surface area contributed by atoms with E-state index in [0.29, 0.717) is 24.7 Å². The number of likely N-dealkylation sites (tertiary alicyclic amines) is 1. The maximum Gasteiger partial charge on any atom is 0.230 e. The molecule has 2 aromatic carbocycles. The molecular formula is C23H27ClN4O2. The van der Waals surface area contributed by atoms with Crippen LogP contribution in [-0.2, 0) is 17.8 Å². The van der Waals surface area contributed by atoms with Crippen LogP contribution in [0.1, 0.15) is 42.2 Å². The summed E-state index contributed by atoms with van der Waals surface area (Å²) >= 11 is 0. The van der Waals surface area contributed by atoms with Crippen LogP contribution in [0.4, 0.5) is 0 Å². The van der Waals surface area contributed by atoms with Crippen molar-refractivity contribution in [2.24, 2.45) is 5.73 Å². The molecule has 0 aliphatic carbocycles. The van der Waals surface area contributed by atoms with Crippen molar-refractivity contribution in [3.05, 3.63) is 71.6 Å². The average Bonchev–Trinajstić information content (AvgIpc) is 3.29. The predicted octanol–water partition coefficient (Wildman–Crippen LogP) is 3.96. The van der Waals surface area contributed by atoms with Crippen molar-refractivity contribution < 1.29 is 9.32 Å². The minimum absolute atomic E-state index is 0. The summed E-state index contributed by atoms with van der Waals surface area (Å²) in [6.07, 6.45) is 3.05. The molecule has 30 heavy (non-hydrogen) atoms. The van der Waals surface area contributed by atoms with E-state index in [1.165, 1.54) is 5.56 Å². The standard InChI is InChI=1S/C23H26N4O2.ClH/c24-16-18-6-9-19(10-7-18)22-25-23(29-26-22)20-12-14-27(15-13-20)21(28)11-8-17-4-2-1-3-5-17;/h1-7,9-10,20H,8,11-16,24H2;1H. The predicted molar refractivity (Wildman–Crippen MR) is 118 cm³/mol. The van der Waals surface area contributed by atoms with Crippen molar-refractivity contribution in [3.63, 3.8) is 0 Å². The van der Waals surface area contributed by atoms with E-state index in [1.54, 1.807) is 0 Å². The maximum atomic E-state index is 12.5. The fourth-order valence-electron chi connectivity index (χ4n) is 3.74. The largest absolute Gasteiger partial charge is 0.343 e. The summed E-state index contributed by atoms with van der Waals surface area (Å²) < 4.78 is 5.53. The quantitative estimate of drug-likeness (QED) is 0.644. The van der Waals surface area contributed by atoms with Gasteiger partial charge in [0.2, 0.25) is 17.6 Å². The Kier molecular flexibility index (Phi) is 7.60. The monoisotopic (exact) mass is 426 g/mol. The highest BCUT2D eigenvalue weighted by atomic mass is 35.5. The van der Waals surface area contributed by atoms with Crippen molar-refractivity contribution >= 4 is 18.3 Å². The molecule has 1 fully saturated rings. The van der Waals surface area contributed by atoms with Crippen LogP contribution in [0.5, 0.6) is 0 Å². The lowest BCUT2D eigenvalue weighted by Crippen LogP contribution is -2.38. The number of rotatable bonds is 6. The number of piperidine rings is 1. The lowest BCUT2D eigenvalue weighted by Gasteiger charge is -2.30. The first kappa shape index (κ1) is 22.0. The van der Waals surface area contributed by atoms with E-state index >= 15 is 0 Å². The molecule has 1 aliphatic heterocycles. The zero-order valence-electron chi connectivity index (χ0n) is 16.9. The molecule has 2 heterocycles. The second kappa shape index (κ2) is 10.4. The highest BCUT2D eigenvalue weighted by Crippen LogP contribution is 2.29. The molecule has 6 nitrogen and oxygen atoms in total. The molecule has 3 aromatic rings. The summed E-state index contributed by atoms with van der Waals surface area (Å²) in [4.78, 5) is 19.1. The van der Waals surface area contributed by atoms with E-state index in [4.69, 9.17) is 10.3 Å². The molecule has 0 bridgehead atoms. The Balaban J connectivity index is 0.00000256. The number of aromatic nitrogens is 2. The second-order valence-corrected chi connectivity index (χ2v) is 7.50. The van der Waals surface area contributed by atoms with E-state index in [0.717, 1.165) is 43.5 Å². The molecule has 1 aliphatic rings. The summed E-state index contributed by atoms with van der Waals surface area (Å²) in [7, 11) is 0. The van der Waals surface area contributed by atoms with Gasteiger partial charge in [0.1, 0.15) is 0 Å². The average molecular weight is 427 g/mol. The Morgan fingerprint density at radius 1 is 1.03 bits per heavy atom. The Morgan fingerprint density at radius 3 is 2.40 bits per heavy atom. The zero-order chi connectivity index (χ0) is 20.1. The van der Waals surface area contributed by atoms with Gasteiger partial charge in [0.25, 0.3) is 0 Å². The van der Waals surface area contributed by atoms with E-state index in [2.05, 4.69) is 22.3 Å². The first-order valence-corrected chi connectivity index (χ1v) is 10.2. The smallest absolute Gasteiger partial charge is 0.230 e. The second-order valence-electron chi connectivity index (χ2n) is 7.50. The van der Waals surface area contributed by atoms with Crippen molar-refractivity contribution in [3.8, 4) is 11.4 Å². The highest BCUT2D eigenvalue weighted by molar-refractivity contribution is 5.85. The fraction of sp³-hybridized carbons (Fsp3) is 0.348. The van der Waals surface area contributed by atoms with E-state index in [1.807, 2.05) is 47.4 Å². The number of hydrogen-bond donors (Lipinski definition) is 1.